The number of nitrogen functional groups attached to an aromatic ring is 1. The number of aliphatic hydroxyl groups is 3. The number of aliphatic hydroxyl groups excluding tert-OH is 3. The van der Waals surface area contributed by atoms with E-state index in [4.69, 9.17) is 15.6 Å². The van der Waals surface area contributed by atoms with Gasteiger partial charge in [0.1, 0.15) is 30.3 Å². The fourth-order valence-corrected chi connectivity index (χ4v) is 2.66. The second-order valence-electron chi connectivity index (χ2n) is 4.97. The molecule has 2 unspecified atom stereocenters. The maximum Gasteiger partial charge on any atom is 0.162 e. The number of hydrogen-bond acceptors (Lipinski definition) is 9. The largest absolute Gasteiger partial charge is 0.394 e. The summed E-state index contributed by atoms with van der Waals surface area (Å²) in [4.78, 5) is 11.6. The molecule has 2 aliphatic rings. The van der Waals surface area contributed by atoms with Crippen LogP contribution in [0.25, 0.3) is 0 Å². The van der Waals surface area contributed by atoms with Crippen LogP contribution in [0.4, 0.5) is 17.3 Å². The minimum atomic E-state index is -1.14. The summed E-state index contributed by atoms with van der Waals surface area (Å²) in [5, 5.41) is 29.0. The summed E-state index contributed by atoms with van der Waals surface area (Å²) >= 11 is 0. The van der Waals surface area contributed by atoms with Crippen LogP contribution in [0.1, 0.15) is 0 Å². The van der Waals surface area contributed by atoms with Gasteiger partial charge in [-0.1, -0.05) is 0 Å². The van der Waals surface area contributed by atoms with E-state index in [1.54, 1.807) is 4.90 Å². The Hall–Kier alpha value is -1.68. The Morgan fingerprint density at radius 1 is 1.40 bits per heavy atom. The molecular formula is C11H17N5O4. The van der Waals surface area contributed by atoms with Gasteiger partial charge in [0, 0.05) is 7.05 Å². The first-order chi connectivity index (χ1) is 9.54. The molecule has 5 N–H and O–H groups in total. The molecule has 0 amide bonds. The third kappa shape index (κ3) is 1.79. The van der Waals surface area contributed by atoms with Crippen LogP contribution in [-0.2, 0) is 4.74 Å². The predicted molar refractivity (Wildman–Crippen MR) is 70.0 cm³/mol. The van der Waals surface area contributed by atoms with Gasteiger partial charge in [0.2, 0.25) is 0 Å². The highest BCUT2D eigenvalue weighted by Gasteiger charge is 2.48. The highest BCUT2D eigenvalue weighted by atomic mass is 16.6. The molecule has 0 radical (unpaired) electrons. The average molecular weight is 283 g/mol. The molecule has 4 atom stereocenters. The molecule has 3 heterocycles. The molecule has 0 bridgehead atoms. The van der Waals surface area contributed by atoms with E-state index in [0.29, 0.717) is 24.0 Å². The minimum Gasteiger partial charge on any atom is -0.394 e. The number of nitrogens with two attached hydrogens (primary N) is 1. The van der Waals surface area contributed by atoms with Gasteiger partial charge in [-0.2, -0.15) is 0 Å². The lowest BCUT2D eigenvalue weighted by Crippen LogP contribution is -2.45. The van der Waals surface area contributed by atoms with Crippen LogP contribution in [0.5, 0.6) is 0 Å². The van der Waals surface area contributed by atoms with Crippen molar-refractivity contribution in [2.75, 3.05) is 35.9 Å². The summed E-state index contributed by atoms with van der Waals surface area (Å²) in [6, 6.07) is 0. The second kappa shape index (κ2) is 4.70. The van der Waals surface area contributed by atoms with E-state index >= 15 is 0 Å². The zero-order valence-electron chi connectivity index (χ0n) is 10.9. The fourth-order valence-electron chi connectivity index (χ4n) is 2.66. The van der Waals surface area contributed by atoms with Crippen molar-refractivity contribution in [1.82, 2.24) is 9.97 Å². The maximum atomic E-state index is 10.1. The smallest absolute Gasteiger partial charge is 0.162 e. The highest BCUT2D eigenvalue weighted by Crippen LogP contribution is 2.39. The second-order valence-corrected chi connectivity index (χ2v) is 4.97. The topological polar surface area (TPSA) is 128 Å². The lowest BCUT2D eigenvalue weighted by Gasteiger charge is -2.27. The first-order valence-corrected chi connectivity index (χ1v) is 6.25. The van der Waals surface area contributed by atoms with Gasteiger partial charge in [0.25, 0.3) is 0 Å². The predicted octanol–water partition coefficient (Wildman–Crippen LogP) is -2.29. The third-order valence-electron chi connectivity index (χ3n) is 3.67. The lowest BCUT2D eigenvalue weighted by atomic mass is 10.1. The van der Waals surface area contributed by atoms with E-state index in [-0.39, 0.29) is 6.61 Å². The number of fused-ring (bicyclic) bond motifs is 1. The van der Waals surface area contributed by atoms with Crippen LogP contribution in [0.3, 0.4) is 0 Å². The molecular weight excluding hydrogens is 266 g/mol. The molecule has 1 aromatic heterocycles. The third-order valence-corrected chi connectivity index (χ3v) is 3.67. The van der Waals surface area contributed by atoms with Crippen molar-refractivity contribution in [2.24, 2.45) is 0 Å². The van der Waals surface area contributed by atoms with E-state index in [1.165, 1.54) is 6.33 Å². The molecule has 0 aromatic carbocycles. The summed E-state index contributed by atoms with van der Waals surface area (Å²) in [6.07, 6.45) is -2.55. The average Bonchev–Trinajstić information content (AvgIpc) is 2.90. The SMILES string of the molecule is CN1CN([C@@H]2O[C@H](CO)C(O)C2O)c2ncnc(N)c21. The number of aromatic nitrogens is 2. The molecule has 9 heteroatoms. The fraction of sp³-hybridized carbons (Fsp3) is 0.636. The Kier molecular flexibility index (Phi) is 3.13. The minimum absolute atomic E-state index is 0.340. The monoisotopic (exact) mass is 283 g/mol. The Labute approximate surface area is 115 Å². The molecule has 2 aliphatic heterocycles. The summed E-state index contributed by atoms with van der Waals surface area (Å²) < 4.78 is 5.51. The van der Waals surface area contributed by atoms with Crippen molar-refractivity contribution >= 4 is 17.3 Å². The van der Waals surface area contributed by atoms with Crippen molar-refractivity contribution in [3.63, 3.8) is 0 Å². The molecule has 1 aromatic rings. The molecule has 1 saturated heterocycles. The van der Waals surface area contributed by atoms with Crippen molar-refractivity contribution in [3.8, 4) is 0 Å². The maximum absolute atomic E-state index is 10.1. The van der Waals surface area contributed by atoms with Gasteiger partial charge in [0.15, 0.2) is 17.9 Å². The van der Waals surface area contributed by atoms with Crippen LogP contribution in [0.15, 0.2) is 6.33 Å². The number of hydrogen-bond donors (Lipinski definition) is 4. The molecule has 110 valence electrons. The number of anilines is 3. The zero-order chi connectivity index (χ0) is 14.4. The first-order valence-electron chi connectivity index (χ1n) is 6.25. The Morgan fingerprint density at radius 2 is 2.15 bits per heavy atom. The molecule has 0 saturated carbocycles. The lowest BCUT2D eigenvalue weighted by molar-refractivity contribution is -0.0221. The van der Waals surface area contributed by atoms with Gasteiger partial charge in [-0.25, -0.2) is 9.97 Å². The Bertz CT molecular complexity index is 516. The molecule has 9 nitrogen and oxygen atoms in total. The Balaban J connectivity index is 1.93. The van der Waals surface area contributed by atoms with Gasteiger partial charge in [-0.15, -0.1) is 0 Å². The normalized spacial score (nSPS) is 32.8. The van der Waals surface area contributed by atoms with Crippen LogP contribution in [0, 0.1) is 0 Å². The van der Waals surface area contributed by atoms with E-state index in [1.807, 2.05) is 11.9 Å². The van der Waals surface area contributed by atoms with Crippen molar-refractivity contribution in [1.29, 1.82) is 0 Å². The first kappa shape index (κ1) is 13.3. The van der Waals surface area contributed by atoms with Crippen molar-refractivity contribution in [2.45, 2.75) is 24.5 Å². The highest BCUT2D eigenvalue weighted by molar-refractivity contribution is 5.81. The van der Waals surface area contributed by atoms with Crippen LogP contribution in [-0.4, -0.2) is 70.2 Å². The molecule has 0 aliphatic carbocycles. The van der Waals surface area contributed by atoms with E-state index in [2.05, 4.69) is 9.97 Å². The molecule has 20 heavy (non-hydrogen) atoms. The van der Waals surface area contributed by atoms with E-state index in [0.717, 1.165) is 0 Å². The quantitative estimate of drug-likeness (QED) is 0.474. The van der Waals surface area contributed by atoms with E-state index < -0.39 is 24.5 Å². The summed E-state index contributed by atoms with van der Waals surface area (Å²) in [6.45, 7) is 0.0298. The van der Waals surface area contributed by atoms with Gasteiger partial charge in [-0.3, -0.25) is 0 Å². The number of ether oxygens (including phenoxy) is 1. The zero-order valence-corrected chi connectivity index (χ0v) is 10.9. The summed E-state index contributed by atoms with van der Waals surface area (Å²) in [7, 11) is 1.82. The molecule has 3 rings (SSSR count). The van der Waals surface area contributed by atoms with Gasteiger partial charge < -0.3 is 35.6 Å². The van der Waals surface area contributed by atoms with Gasteiger partial charge in [-0.05, 0) is 0 Å². The molecule has 1 fully saturated rings. The standard InChI is InChI=1S/C11H17N5O4/c1-15-4-16(10-6(15)9(12)13-3-14-10)11-8(19)7(18)5(2-17)20-11/h3,5,7-8,11,17-19H,2,4H2,1H3,(H2,12,13,14)/t5-,7?,8?,11-/m1/s1. The Morgan fingerprint density at radius 3 is 2.80 bits per heavy atom. The van der Waals surface area contributed by atoms with Crippen LogP contribution in [0.2, 0.25) is 0 Å². The number of nitrogens with zero attached hydrogens (tertiary/aromatic N) is 4. The summed E-state index contributed by atoms with van der Waals surface area (Å²) in [5.74, 6) is 0.876. The van der Waals surface area contributed by atoms with Gasteiger partial charge in [0.05, 0.1) is 13.3 Å². The number of rotatable bonds is 2. The van der Waals surface area contributed by atoms with Crippen molar-refractivity contribution in [3.05, 3.63) is 6.33 Å². The van der Waals surface area contributed by atoms with E-state index in [9.17, 15) is 10.2 Å². The van der Waals surface area contributed by atoms with Crippen molar-refractivity contribution < 1.29 is 20.1 Å². The van der Waals surface area contributed by atoms with Gasteiger partial charge >= 0.3 is 0 Å². The van der Waals surface area contributed by atoms with Crippen LogP contribution < -0.4 is 15.5 Å². The van der Waals surface area contributed by atoms with Crippen LogP contribution >= 0.6 is 0 Å². The summed E-state index contributed by atoms with van der Waals surface area (Å²) in [5.41, 5.74) is 6.48. The molecule has 0 spiro atoms.